The average molecular weight is 443 g/mol. The first-order chi connectivity index (χ1) is 11.9. The van der Waals surface area contributed by atoms with E-state index in [4.69, 9.17) is 34.8 Å². The third kappa shape index (κ3) is 9.51. The van der Waals surface area contributed by atoms with Crippen molar-refractivity contribution < 1.29 is 16.9 Å². The predicted molar refractivity (Wildman–Crippen MR) is 114 cm³/mol. The van der Waals surface area contributed by atoms with Gasteiger partial charge >= 0.3 is 0 Å². The minimum Gasteiger partial charge on any atom is -1.00 e. The first-order valence-electron chi connectivity index (χ1n) is 9.80. The molecule has 0 aliphatic carbocycles. The van der Waals surface area contributed by atoms with E-state index >= 15 is 0 Å². The molecule has 0 saturated heterocycles. The standard InChI is InChI=1S/C21H35Cl3N.ClH/c1-4-5-6-7-8-9-10-11-12-13-17-25(2,3)21(24)18-15-14-16-19(22)20(18)23;/h14-16,21H,4-13,17H2,1-3H3;1H/q+1;/p-1. The van der Waals surface area contributed by atoms with Gasteiger partial charge in [-0.2, -0.15) is 0 Å². The molecule has 0 aromatic heterocycles. The van der Waals surface area contributed by atoms with Gasteiger partial charge in [-0.3, -0.25) is 0 Å². The van der Waals surface area contributed by atoms with Gasteiger partial charge in [0.1, 0.15) is 0 Å². The van der Waals surface area contributed by atoms with Crippen LogP contribution in [-0.4, -0.2) is 25.1 Å². The normalized spacial score (nSPS) is 12.7. The molecule has 26 heavy (non-hydrogen) atoms. The molecule has 1 unspecified atom stereocenters. The SMILES string of the molecule is CCCCCCCCCCCC[N+](C)(C)C(Cl)c1cccc(Cl)c1Cl.[Cl-]. The number of benzene rings is 1. The zero-order chi connectivity index (χ0) is 18.7. The highest BCUT2D eigenvalue weighted by atomic mass is 35.5. The third-order valence-corrected chi connectivity index (χ3v) is 6.54. The van der Waals surface area contributed by atoms with Gasteiger partial charge in [0.25, 0.3) is 0 Å². The Morgan fingerprint density at radius 1 is 0.846 bits per heavy atom. The van der Waals surface area contributed by atoms with E-state index in [-0.39, 0.29) is 17.9 Å². The number of quaternary nitrogens is 1. The molecule has 0 bridgehead atoms. The van der Waals surface area contributed by atoms with E-state index in [0.29, 0.717) is 10.0 Å². The average Bonchev–Trinajstić information content (AvgIpc) is 2.58. The van der Waals surface area contributed by atoms with Crippen LogP contribution in [0.5, 0.6) is 0 Å². The molecular formula is C21H35Cl4N. The molecule has 152 valence electrons. The molecule has 0 fully saturated rings. The van der Waals surface area contributed by atoms with Gasteiger partial charge in [-0.25, -0.2) is 0 Å². The Morgan fingerprint density at radius 3 is 1.88 bits per heavy atom. The van der Waals surface area contributed by atoms with Crippen LogP contribution in [0.2, 0.25) is 10.0 Å². The smallest absolute Gasteiger partial charge is 0.191 e. The summed E-state index contributed by atoms with van der Waals surface area (Å²) < 4.78 is 0.721. The molecule has 1 atom stereocenters. The zero-order valence-corrected chi connectivity index (χ0v) is 19.6. The maximum absolute atomic E-state index is 6.73. The van der Waals surface area contributed by atoms with Gasteiger partial charge in [0.2, 0.25) is 0 Å². The summed E-state index contributed by atoms with van der Waals surface area (Å²) in [7, 11) is 4.34. The van der Waals surface area contributed by atoms with E-state index in [1.54, 1.807) is 6.07 Å². The van der Waals surface area contributed by atoms with Crippen molar-refractivity contribution in [2.24, 2.45) is 0 Å². The quantitative estimate of drug-likeness (QED) is 0.170. The lowest BCUT2D eigenvalue weighted by atomic mass is 10.1. The monoisotopic (exact) mass is 441 g/mol. The summed E-state index contributed by atoms with van der Waals surface area (Å²) in [5, 5.41) is 1.15. The van der Waals surface area contributed by atoms with Crippen molar-refractivity contribution >= 4 is 34.8 Å². The number of halogens is 4. The predicted octanol–water partition coefficient (Wildman–Crippen LogP) is 5.23. The van der Waals surface area contributed by atoms with Gasteiger partial charge in [-0.05, 0) is 18.9 Å². The lowest BCUT2D eigenvalue weighted by molar-refractivity contribution is -0.907. The molecule has 5 heteroatoms. The van der Waals surface area contributed by atoms with Crippen LogP contribution in [0.15, 0.2) is 18.2 Å². The van der Waals surface area contributed by atoms with Gasteiger partial charge in [0, 0.05) is 5.56 Å². The van der Waals surface area contributed by atoms with Crippen molar-refractivity contribution in [3.63, 3.8) is 0 Å². The number of rotatable bonds is 13. The van der Waals surface area contributed by atoms with E-state index in [9.17, 15) is 0 Å². The van der Waals surface area contributed by atoms with Crippen LogP contribution in [0.1, 0.15) is 82.2 Å². The molecule has 0 amide bonds. The first kappa shape index (κ1) is 26.3. The van der Waals surface area contributed by atoms with Crippen LogP contribution in [0.25, 0.3) is 0 Å². The van der Waals surface area contributed by atoms with E-state index in [2.05, 4.69) is 21.0 Å². The second-order valence-corrected chi connectivity index (χ2v) is 8.86. The molecule has 0 aliphatic heterocycles. The molecule has 1 nitrogen and oxygen atoms in total. The second kappa shape index (κ2) is 14.4. The lowest BCUT2D eigenvalue weighted by Gasteiger charge is -2.35. The highest BCUT2D eigenvalue weighted by Crippen LogP contribution is 2.37. The highest BCUT2D eigenvalue weighted by molar-refractivity contribution is 6.42. The molecule has 0 saturated carbocycles. The summed E-state index contributed by atoms with van der Waals surface area (Å²) in [6, 6.07) is 5.70. The molecule has 0 N–H and O–H groups in total. The fraction of sp³-hybridized carbons (Fsp3) is 0.714. The Labute approximate surface area is 182 Å². The Morgan fingerprint density at radius 2 is 1.35 bits per heavy atom. The number of alkyl halides is 1. The summed E-state index contributed by atoms with van der Waals surface area (Å²) in [6.45, 7) is 3.32. The van der Waals surface area contributed by atoms with Crippen LogP contribution in [-0.2, 0) is 0 Å². The molecule has 1 aromatic rings. The minimum atomic E-state index is -0.176. The molecule has 0 heterocycles. The maximum Gasteiger partial charge on any atom is 0.191 e. The van der Waals surface area contributed by atoms with Crippen LogP contribution in [0.4, 0.5) is 0 Å². The van der Waals surface area contributed by atoms with Gasteiger partial charge in [0.15, 0.2) is 5.50 Å². The lowest BCUT2D eigenvalue weighted by Crippen LogP contribution is -3.00. The van der Waals surface area contributed by atoms with E-state index in [1.807, 2.05) is 12.1 Å². The van der Waals surface area contributed by atoms with Gasteiger partial charge < -0.3 is 16.9 Å². The van der Waals surface area contributed by atoms with Crippen molar-refractivity contribution in [3.05, 3.63) is 33.8 Å². The van der Waals surface area contributed by atoms with E-state index in [1.165, 1.54) is 64.2 Å². The summed E-state index contributed by atoms with van der Waals surface area (Å²) in [5.41, 5.74) is 0.748. The van der Waals surface area contributed by atoms with Crippen LogP contribution in [0.3, 0.4) is 0 Å². The summed E-state index contributed by atoms with van der Waals surface area (Å²) in [6.07, 6.45) is 13.5. The van der Waals surface area contributed by atoms with Crippen LogP contribution in [0, 0.1) is 0 Å². The Balaban J connectivity index is 0.00000625. The molecule has 0 aliphatic rings. The molecule has 0 spiro atoms. The fourth-order valence-corrected chi connectivity index (χ4v) is 3.95. The van der Waals surface area contributed by atoms with Gasteiger partial charge in [0.05, 0.1) is 30.7 Å². The molecule has 0 radical (unpaired) electrons. The Bertz CT molecular complexity index is 491. The van der Waals surface area contributed by atoms with Crippen molar-refractivity contribution in [3.8, 4) is 0 Å². The van der Waals surface area contributed by atoms with Crippen molar-refractivity contribution in [2.75, 3.05) is 20.6 Å². The van der Waals surface area contributed by atoms with Crippen molar-refractivity contribution in [2.45, 2.75) is 76.6 Å². The van der Waals surface area contributed by atoms with E-state index in [0.717, 1.165) is 16.6 Å². The largest absolute Gasteiger partial charge is 1.00 e. The first-order valence-corrected chi connectivity index (χ1v) is 11.0. The minimum absolute atomic E-state index is 0. The summed E-state index contributed by atoms with van der Waals surface area (Å²) in [5.74, 6) is 0. The maximum atomic E-state index is 6.73. The third-order valence-electron chi connectivity index (χ3n) is 4.94. The molecule has 1 rings (SSSR count). The highest BCUT2D eigenvalue weighted by Gasteiger charge is 2.29. The zero-order valence-electron chi connectivity index (χ0n) is 16.5. The van der Waals surface area contributed by atoms with Crippen LogP contribution < -0.4 is 12.4 Å². The number of hydrogen-bond acceptors (Lipinski definition) is 0. The van der Waals surface area contributed by atoms with Crippen LogP contribution >= 0.6 is 34.8 Å². The van der Waals surface area contributed by atoms with Crippen molar-refractivity contribution in [1.29, 1.82) is 0 Å². The number of nitrogens with zero attached hydrogens (tertiary/aromatic N) is 1. The summed E-state index contributed by atoms with van der Waals surface area (Å²) >= 11 is 19.2. The molecule has 1 aromatic carbocycles. The summed E-state index contributed by atoms with van der Waals surface area (Å²) in [4.78, 5) is 0. The Hall–Kier alpha value is 0.340. The fourth-order valence-electron chi connectivity index (χ4n) is 3.20. The van der Waals surface area contributed by atoms with E-state index < -0.39 is 0 Å². The van der Waals surface area contributed by atoms with Gasteiger partial charge in [-0.15, -0.1) is 0 Å². The molecular weight excluding hydrogens is 408 g/mol. The van der Waals surface area contributed by atoms with Gasteiger partial charge in [-0.1, -0.05) is 105 Å². The number of unbranched alkanes of at least 4 members (excludes halogenated alkanes) is 9. The second-order valence-electron chi connectivity index (χ2n) is 7.66. The number of hydrogen-bond donors (Lipinski definition) is 0. The topological polar surface area (TPSA) is 0 Å². The Kier molecular flexibility index (Phi) is 14.5. The van der Waals surface area contributed by atoms with Crippen molar-refractivity contribution in [1.82, 2.24) is 0 Å².